The smallest absolute Gasteiger partial charge is 0.243 e. The molecule has 0 aliphatic heterocycles. The summed E-state index contributed by atoms with van der Waals surface area (Å²) in [5.74, 6) is -2.69. The highest BCUT2D eigenvalue weighted by Crippen LogP contribution is 2.23. The van der Waals surface area contributed by atoms with Crippen LogP contribution in [0.3, 0.4) is 0 Å². The van der Waals surface area contributed by atoms with E-state index in [1.807, 2.05) is 38.1 Å². The monoisotopic (exact) mass is 549 g/mol. The van der Waals surface area contributed by atoms with Crippen LogP contribution < -0.4 is 9.62 Å². The van der Waals surface area contributed by atoms with E-state index in [2.05, 4.69) is 5.32 Å². The lowest BCUT2D eigenvalue weighted by atomic mass is 10.1. The summed E-state index contributed by atoms with van der Waals surface area (Å²) in [6.07, 6.45) is 5.52. The number of hydrogen-bond acceptors (Lipinski definition) is 4. The Morgan fingerprint density at radius 2 is 1.79 bits per heavy atom. The van der Waals surface area contributed by atoms with Gasteiger partial charge in [-0.2, -0.15) is 0 Å². The third-order valence-corrected chi connectivity index (χ3v) is 8.06. The van der Waals surface area contributed by atoms with Crippen molar-refractivity contribution in [2.24, 2.45) is 0 Å². The van der Waals surface area contributed by atoms with Gasteiger partial charge in [0.1, 0.15) is 6.04 Å². The van der Waals surface area contributed by atoms with Gasteiger partial charge in [-0.05, 0) is 50.3 Å². The first-order chi connectivity index (χ1) is 18.0. The Labute approximate surface area is 224 Å². The maximum absolute atomic E-state index is 13.8. The molecule has 1 atom stereocenters. The molecule has 0 bridgehead atoms. The summed E-state index contributed by atoms with van der Waals surface area (Å²) in [5.41, 5.74) is 1.91. The molecule has 0 heterocycles. The molecule has 2 amide bonds. The molecule has 7 nitrogen and oxygen atoms in total. The lowest BCUT2D eigenvalue weighted by Crippen LogP contribution is -2.51. The Balaban J connectivity index is 1.76. The minimum absolute atomic E-state index is 0.0159. The fourth-order valence-corrected chi connectivity index (χ4v) is 5.90. The van der Waals surface area contributed by atoms with Gasteiger partial charge in [0.2, 0.25) is 21.8 Å². The summed E-state index contributed by atoms with van der Waals surface area (Å²) in [5, 5.41) is 3.10. The van der Waals surface area contributed by atoms with Crippen molar-refractivity contribution in [3.63, 3.8) is 0 Å². The largest absolute Gasteiger partial charge is 0.352 e. The maximum Gasteiger partial charge on any atom is 0.243 e. The molecule has 1 aliphatic rings. The van der Waals surface area contributed by atoms with Gasteiger partial charge in [0.15, 0.2) is 11.6 Å². The number of rotatable bonds is 12. The van der Waals surface area contributed by atoms with Gasteiger partial charge < -0.3 is 10.2 Å². The third kappa shape index (κ3) is 7.99. The van der Waals surface area contributed by atoms with Crippen molar-refractivity contribution in [2.45, 2.75) is 77.4 Å². The summed E-state index contributed by atoms with van der Waals surface area (Å²) in [6, 6.07) is 10.1. The molecule has 208 valence electrons. The van der Waals surface area contributed by atoms with E-state index in [4.69, 9.17) is 0 Å². The highest BCUT2D eigenvalue weighted by atomic mass is 32.2. The molecular weight excluding hydrogens is 512 g/mol. The average Bonchev–Trinajstić information content (AvgIpc) is 3.35. The first-order valence-electron chi connectivity index (χ1n) is 13.1. The van der Waals surface area contributed by atoms with Crippen LogP contribution in [0.2, 0.25) is 0 Å². The SMILES string of the molecule is CCC(C(=O)NC1CCCC1)N(Cc1cccc(C)c1)C(=O)CCCN(c1ccc(F)c(F)c1)S(C)(=O)=O. The van der Waals surface area contributed by atoms with E-state index in [0.29, 0.717) is 6.42 Å². The number of nitrogens with zero attached hydrogens (tertiary/aromatic N) is 2. The van der Waals surface area contributed by atoms with Gasteiger partial charge in [-0.25, -0.2) is 17.2 Å². The van der Waals surface area contributed by atoms with Crippen LogP contribution >= 0.6 is 0 Å². The predicted octanol–water partition coefficient (Wildman–Crippen LogP) is 4.69. The minimum Gasteiger partial charge on any atom is -0.352 e. The quantitative estimate of drug-likeness (QED) is 0.416. The van der Waals surface area contributed by atoms with Gasteiger partial charge in [0.05, 0.1) is 11.9 Å². The van der Waals surface area contributed by atoms with Crippen molar-refractivity contribution in [3.05, 3.63) is 65.2 Å². The van der Waals surface area contributed by atoms with Crippen LogP contribution in [-0.2, 0) is 26.2 Å². The molecular formula is C28H37F2N3O4S. The molecule has 1 unspecified atom stereocenters. The molecule has 0 spiro atoms. The van der Waals surface area contributed by atoms with Crippen LogP contribution in [0.5, 0.6) is 0 Å². The van der Waals surface area contributed by atoms with Gasteiger partial charge in [0.25, 0.3) is 0 Å². The van der Waals surface area contributed by atoms with Gasteiger partial charge in [0, 0.05) is 31.6 Å². The van der Waals surface area contributed by atoms with E-state index >= 15 is 0 Å². The first kappa shape index (κ1) is 29.5. The fourth-order valence-electron chi connectivity index (χ4n) is 4.94. The Bertz CT molecular complexity index is 1230. The molecule has 10 heteroatoms. The number of benzene rings is 2. The summed E-state index contributed by atoms with van der Waals surface area (Å²) in [7, 11) is -3.81. The number of nitrogens with one attached hydrogen (secondary N) is 1. The van der Waals surface area contributed by atoms with Crippen molar-refractivity contribution >= 4 is 27.5 Å². The predicted molar refractivity (Wildman–Crippen MR) is 144 cm³/mol. The molecule has 2 aromatic rings. The van der Waals surface area contributed by atoms with Crippen LogP contribution in [0.4, 0.5) is 14.5 Å². The molecule has 1 aliphatic carbocycles. The number of carbonyl (C=O) groups excluding carboxylic acids is 2. The van der Waals surface area contributed by atoms with Crippen LogP contribution in [0.15, 0.2) is 42.5 Å². The van der Waals surface area contributed by atoms with E-state index < -0.39 is 27.7 Å². The molecule has 0 aromatic heterocycles. The van der Waals surface area contributed by atoms with Gasteiger partial charge in [-0.15, -0.1) is 0 Å². The zero-order valence-electron chi connectivity index (χ0n) is 22.3. The zero-order chi connectivity index (χ0) is 27.9. The average molecular weight is 550 g/mol. The van der Waals surface area contributed by atoms with Gasteiger partial charge in [-0.1, -0.05) is 49.6 Å². The topological polar surface area (TPSA) is 86.8 Å². The van der Waals surface area contributed by atoms with Crippen LogP contribution in [-0.4, -0.2) is 50.0 Å². The van der Waals surface area contributed by atoms with Crippen molar-refractivity contribution in [2.75, 3.05) is 17.1 Å². The Morgan fingerprint density at radius 1 is 1.08 bits per heavy atom. The number of amides is 2. The maximum atomic E-state index is 13.8. The molecule has 2 aromatic carbocycles. The fraction of sp³-hybridized carbons (Fsp3) is 0.500. The van der Waals surface area contributed by atoms with Crippen molar-refractivity contribution in [3.8, 4) is 0 Å². The molecule has 1 N–H and O–H groups in total. The number of anilines is 1. The van der Waals surface area contributed by atoms with Crippen LogP contribution in [0.1, 0.15) is 63.0 Å². The van der Waals surface area contributed by atoms with Crippen molar-refractivity contribution in [1.82, 2.24) is 10.2 Å². The second-order valence-electron chi connectivity index (χ2n) is 9.96. The van der Waals surface area contributed by atoms with Gasteiger partial charge >= 0.3 is 0 Å². The Hall–Kier alpha value is -3.01. The number of sulfonamides is 1. The minimum atomic E-state index is -3.81. The molecule has 3 rings (SSSR count). The molecule has 0 radical (unpaired) electrons. The van der Waals surface area contributed by atoms with E-state index in [1.165, 1.54) is 6.07 Å². The highest BCUT2D eigenvalue weighted by molar-refractivity contribution is 7.92. The number of halogens is 2. The second kappa shape index (κ2) is 13.2. The summed E-state index contributed by atoms with van der Waals surface area (Å²) >= 11 is 0. The first-order valence-corrected chi connectivity index (χ1v) is 14.9. The van der Waals surface area contributed by atoms with Gasteiger partial charge in [-0.3, -0.25) is 13.9 Å². The highest BCUT2D eigenvalue weighted by Gasteiger charge is 2.30. The number of aryl methyl sites for hydroxylation is 1. The molecule has 1 fully saturated rings. The summed E-state index contributed by atoms with van der Waals surface area (Å²) in [6.45, 7) is 3.97. The standard InChI is InChI=1S/C28H37F2N3O4S/c1-4-26(28(35)31-22-11-5-6-12-22)32(19-21-10-7-9-20(2)17-21)27(34)13-8-16-33(38(3,36)37)23-14-15-24(29)25(30)18-23/h7,9-10,14-15,17-18,22,26H,4-6,8,11-13,16,19H2,1-3H3,(H,31,35). The Morgan fingerprint density at radius 3 is 2.39 bits per heavy atom. The van der Waals surface area contributed by atoms with E-state index in [1.54, 1.807) is 4.90 Å². The molecule has 1 saturated carbocycles. The lowest BCUT2D eigenvalue weighted by molar-refractivity contribution is -0.141. The third-order valence-electron chi connectivity index (χ3n) is 6.87. The van der Waals surface area contributed by atoms with Crippen LogP contribution in [0, 0.1) is 18.6 Å². The molecule has 38 heavy (non-hydrogen) atoms. The van der Waals surface area contributed by atoms with Crippen molar-refractivity contribution in [1.29, 1.82) is 0 Å². The lowest BCUT2D eigenvalue weighted by Gasteiger charge is -2.32. The number of carbonyl (C=O) groups is 2. The number of hydrogen-bond donors (Lipinski definition) is 1. The summed E-state index contributed by atoms with van der Waals surface area (Å²) < 4.78 is 52.9. The van der Waals surface area contributed by atoms with Crippen molar-refractivity contribution < 1.29 is 26.8 Å². The van der Waals surface area contributed by atoms with E-state index in [9.17, 15) is 26.8 Å². The normalized spacial score (nSPS) is 14.8. The molecule has 0 saturated heterocycles. The Kier molecular flexibility index (Phi) is 10.2. The van der Waals surface area contributed by atoms with E-state index in [-0.39, 0.29) is 49.5 Å². The van der Waals surface area contributed by atoms with E-state index in [0.717, 1.165) is 59.5 Å². The zero-order valence-corrected chi connectivity index (χ0v) is 23.1. The van der Waals surface area contributed by atoms with Crippen LogP contribution in [0.25, 0.3) is 0 Å². The second-order valence-corrected chi connectivity index (χ2v) is 11.9. The summed E-state index contributed by atoms with van der Waals surface area (Å²) in [4.78, 5) is 28.3.